The summed E-state index contributed by atoms with van der Waals surface area (Å²) in [6.45, 7) is 4.04. The molecule has 0 amide bonds. The zero-order chi connectivity index (χ0) is 10.7. The number of methoxy groups -OCH3 is 1. The van der Waals surface area contributed by atoms with Crippen molar-refractivity contribution in [3.8, 4) is 5.75 Å². The average molecular weight is 258 g/mol. The van der Waals surface area contributed by atoms with Crippen molar-refractivity contribution in [2.24, 2.45) is 5.73 Å². The maximum Gasteiger partial charge on any atom is 0.136 e. The van der Waals surface area contributed by atoms with Crippen LogP contribution in [-0.2, 0) is 6.42 Å². The van der Waals surface area contributed by atoms with Crippen LogP contribution in [-0.4, -0.2) is 13.2 Å². The van der Waals surface area contributed by atoms with E-state index in [0.717, 1.165) is 22.2 Å². The first-order valence-corrected chi connectivity index (χ1v) is 5.43. The molecule has 0 aliphatic rings. The lowest BCUT2D eigenvalue weighted by Gasteiger charge is -2.13. The van der Waals surface area contributed by atoms with Gasteiger partial charge in [0.15, 0.2) is 0 Å². The van der Waals surface area contributed by atoms with Crippen LogP contribution in [0.3, 0.4) is 0 Å². The van der Waals surface area contributed by atoms with Gasteiger partial charge >= 0.3 is 0 Å². The van der Waals surface area contributed by atoms with E-state index in [2.05, 4.69) is 28.1 Å². The summed E-state index contributed by atoms with van der Waals surface area (Å²) in [7, 11) is 1.68. The van der Waals surface area contributed by atoms with Crippen molar-refractivity contribution in [1.29, 1.82) is 0 Å². The first kappa shape index (κ1) is 11.5. The molecule has 0 bridgehead atoms. The van der Waals surface area contributed by atoms with Crippen LogP contribution in [0.4, 0.5) is 0 Å². The molecule has 3 heteroatoms. The van der Waals surface area contributed by atoms with Crippen molar-refractivity contribution >= 4 is 15.9 Å². The quantitative estimate of drug-likeness (QED) is 0.904. The van der Waals surface area contributed by atoms with Gasteiger partial charge in [0.05, 0.1) is 11.6 Å². The Kier molecular flexibility index (Phi) is 3.96. The Balaban J connectivity index is 3.10. The molecule has 0 heterocycles. The lowest BCUT2D eigenvalue weighted by molar-refractivity contribution is 0.405. The van der Waals surface area contributed by atoms with Gasteiger partial charge in [0.25, 0.3) is 0 Å². The van der Waals surface area contributed by atoms with Crippen molar-refractivity contribution in [3.05, 3.63) is 27.7 Å². The van der Waals surface area contributed by atoms with E-state index in [-0.39, 0.29) is 6.04 Å². The summed E-state index contributed by atoms with van der Waals surface area (Å²) in [4.78, 5) is 0. The topological polar surface area (TPSA) is 35.2 Å². The molecule has 0 aliphatic carbocycles. The molecule has 14 heavy (non-hydrogen) atoms. The first-order chi connectivity index (χ1) is 6.56. The highest BCUT2D eigenvalue weighted by atomic mass is 79.9. The van der Waals surface area contributed by atoms with Crippen molar-refractivity contribution < 1.29 is 4.74 Å². The maximum atomic E-state index is 5.77. The summed E-state index contributed by atoms with van der Waals surface area (Å²) in [5, 5.41) is 0. The van der Waals surface area contributed by atoms with Crippen molar-refractivity contribution in [2.75, 3.05) is 7.11 Å². The molecule has 2 nitrogen and oxygen atoms in total. The number of halogens is 1. The molecule has 0 aromatic heterocycles. The van der Waals surface area contributed by atoms with Crippen molar-refractivity contribution in [1.82, 2.24) is 0 Å². The summed E-state index contributed by atoms with van der Waals surface area (Å²) in [5.74, 6) is 0.905. The molecule has 78 valence electrons. The lowest BCUT2D eigenvalue weighted by Crippen LogP contribution is -2.18. The SMILES string of the molecule is COc1c(CC(C)N)ccc(C)c1Br. The number of benzene rings is 1. The number of rotatable bonds is 3. The summed E-state index contributed by atoms with van der Waals surface area (Å²) >= 11 is 3.52. The third-order valence-electron chi connectivity index (χ3n) is 2.12. The highest BCUT2D eigenvalue weighted by Crippen LogP contribution is 2.32. The molecule has 1 aromatic rings. The normalized spacial score (nSPS) is 12.6. The zero-order valence-corrected chi connectivity index (χ0v) is 10.4. The van der Waals surface area contributed by atoms with E-state index >= 15 is 0 Å². The van der Waals surface area contributed by atoms with Gasteiger partial charge < -0.3 is 10.5 Å². The predicted molar refractivity (Wildman–Crippen MR) is 62.8 cm³/mol. The molecule has 1 unspecified atom stereocenters. The Morgan fingerprint density at radius 2 is 2.14 bits per heavy atom. The number of hydrogen-bond donors (Lipinski definition) is 1. The van der Waals surface area contributed by atoms with Gasteiger partial charge in [0, 0.05) is 6.04 Å². The second-order valence-electron chi connectivity index (χ2n) is 3.57. The van der Waals surface area contributed by atoms with E-state index in [4.69, 9.17) is 10.5 Å². The van der Waals surface area contributed by atoms with E-state index in [1.165, 1.54) is 5.56 Å². The molecular formula is C11H16BrNO. The fourth-order valence-corrected chi connectivity index (χ4v) is 1.97. The molecule has 0 aliphatic heterocycles. The molecule has 0 spiro atoms. The summed E-state index contributed by atoms with van der Waals surface area (Å²) < 4.78 is 6.38. The van der Waals surface area contributed by atoms with Crippen LogP contribution >= 0.6 is 15.9 Å². The van der Waals surface area contributed by atoms with Crippen LogP contribution in [0, 0.1) is 6.92 Å². The third kappa shape index (κ3) is 2.49. The highest BCUT2D eigenvalue weighted by Gasteiger charge is 2.10. The molecule has 2 N–H and O–H groups in total. The van der Waals surface area contributed by atoms with Gasteiger partial charge in [-0.25, -0.2) is 0 Å². The van der Waals surface area contributed by atoms with E-state index in [1.807, 2.05) is 13.8 Å². The molecule has 0 radical (unpaired) electrons. The highest BCUT2D eigenvalue weighted by molar-refractivity contribution is 9.10. The summed E-state index contributed by atoms with van der Waals surface area (Å²) in [6, 6.07) is 4.30. The Morgan fingerprint density at radius 1 is 1.50 bits per heavy atom. The van der Waals surface area contributed by atoms with Crippen LogP contribution < -0.4 is 10.5 Å². The third-order valence-corrected chi connectivity index (χ3v) is 3.10. The average Bonchev–Trinajstić information content (AvgIpc) is 2.11. The Labute approximate surface area is 93.6 Å². The number of aryl methyl sites for hydroxylation is 1. The first-order valence-electron chi connectivity index (χ1n) is 4.63. The Hall–Kier alpha value is -0.540. The smallest absolute Gasteiger partial charge is 0.136 e. The largest absolute Gasteiger partial charge is 0.495 e. The second-order valence-corrected chi connectivity index (χ2v) is 4.36. The van der Waals surface area contributed by atoms with Crippen LogP contribution in [0.2, 0.25) is 0 Å². The molecule has 1 atom stereocenters. The minimum Gasteiger partial charge on any atom is -0.495 e. The molecular weight excluding hydrogens is 242 g/mol. The monoisotopic (exact) mass is 257 g/mol. The van der Waals surface area contributed by atoms with Gasteiger partial charge in [-0.2, -0.15) is 0 Å². The standard InChI is InChI=1S/C11H16BrNO/c1-7-4-5-9(6-8(2)13)11(14-3)10(7)12/h4-5,8H,6,13H2,1-3H3. The van der Waals surface area contributed by atoms with Crippen LogP contribution in [0.25, 0.3) is 0 Å². The fraction of sp³-hybridized carbons (Fsp3) is 0.455. The molecule has 1 aromatic carbocycles. The van der Waals surface area contributed by atoms with Crippen molar-refractivity contribution in [2.45, 2.75) is 26.3 Å². The van der Waals surface area contributed by atoms with Gasteiger partial charge in [0.1, 0.15) is 5.75 Å². The molecule has 1 rings (SSSR count). The predicted octanol–water partition coefficient (Wildman–Crippen LogP) is 2.66. The Morgan fingerprint density at radius 3 is 2.64 bits per heavy atom. The fourth-order valence-electron chi connectivity index (χ4n) is 1.42. The van der Waals surface area contributed by atoms with E-state index in [0.29, 0.717) is 0 Å². The summed E-state index contributed by atoms with van der Waals surface area (Å²) in [5.41, 5.74) is 8.09. The number of nitrogens with two attached hydrogens (primary N) is 1. The number of ether oxygens (including phenoxy) is 1. The lowest BCUT2D eigenvalue weighted by atomic mass is 10.0. The maximum absolute atomic E-state index is 5.77. The van der Waals surface area contributed by atoms with E-state index in [9.17, 15) is 0 Å². The summed E-state index contributed by atoms with van der Waals surface area (Å²) in [6.07, 6.45) is 0.835. The molecule has 0 saturated heterocycles. The minimum absolute atomic E-state index is 0.151. The van der Waals surface area contributed by atoms with Gasteiger partial charge in [-0.1, -0.05) is 12.1 Å². The van der Waals surface area contributed by atoms with E-state index < -0.39 is 0 Å². The van der Waals surface area contributed by atoms with Crippen molar-refractivity contribution in [3.63, 3.8) is 0 Å². The zero-order valence-electron chi connectivity index (χ0n) is 8.80. The second kappa shape index (κ2) is 4.80. The van der Waals surface area contributed by atoms with Crippen LogP contribution in [0.15, 0.2) is 16.6 Å². The van der Waals surface area contributed by atoms with E-state index in [1.54, 1.807) is 7.11 Å². The van der Waals surface area contributed by atoms with Crippen LogP contribution in [0.1, 0.15) is 18.1 Å². The van der Waals surface area contributed by atoms with Gasteiger partial charge in [0.2, 0.25) is 0 Å². The van der Waals surface area contributed by atoms with Gasteiger partial charge in [-0.3, -0.25) is 0 Å². The molecule has 0 fully saturated rings. The van der Waals surface area contributed by atoms with Gasteiger partial charge in [-0.15, -0.1) is 0 Å². The molecule has 0 saturated carbocycles. The van der Waals surface area contributed by atoms with Gasteiger partial charge in [-0.05, 0) is 47.3 Å². The number of hydrogen-bond acceptors (Lipinski definition) is 2. The minimum atomic E-state index is 0.151. The Bertz CT molecular complexity index is 323. The van der Waals surface area contributed by atoms with Crippen LogP contribution in [0.5, 0.6) is 5.75 Å².